The summed E-state index contributed by atoms with van der Waals surface area (Å²) in [5, 5.41) is 4.94. The topological polar surface area (TPSA) is 80.5 Å². The van der Waals surface area contributed by atoms with E-state index in [-0.39, 0.29) is 28.9 Å². The van der Waals surface area contributed by atoms with Gasteiger partial charge in [-0.3, -0.25) is 4.79 Å². The quantitative estimate of drug-likeness (QED) is 0.818. The van der Waals surface area contributed by atoms with Crippen LogP contribution < -0.4 is 10.0 Å². The van der Waals surface area contributed by atoms with Crippen LogP contribution in [0.5, 0.6) is 0 Å². The molecule has 0 spiro atoms. The standard InChI is InChI=1S/C11H11BrF2N2O3S/c12-11-8(14)2-7(13)3-9(11)16-4-6(1-10(16)17)5-20(15,18)19/h2-3,6H,1,4-5H2,(H2,15,18,19). The van der Waals surface area contributed by atoms with Crippen LogP contribution in [0.2, 0.25) is 0 Å². The first-order valence-corrected chi connectivity index (χ1v) is 8.13. The molecule has 110 valence electrons. The van der Waals surface area contributed by atoms with Gasteiger partial charge in [-0.25, -0.2) is 22.3 Å². The van der Waals surface area contributed by atoms with Crippen LogP contribution in [0.4, 0.5) is 14.5 Å². The van der Waals surface area contributed by atoms with Crippen molar-refractivity contribution in [3.8, 4) is 0 Å². The fourth-order valence-electron chi connectivity index (χ4n) is 2.19. The van der Waals surface area contributed by atoms with Crippen LogP contribution >= 0.6 is 15.9 Å². The molecule has 1 aliphatic rings. The number of carbonyl (C=O) groups is 1. The Balaban J connectivity index is 2.29. The largest absolute Gasteiger partial charge is 0.311 e. The monoisotopic (exact) mass is 368 g/mol. The Labute approximate surface area is 122 Å². The molecule has 1 fully saturated rings. The molecule has 1 aliphatic heterocycles. The lowest BCUT2D eigenvalue weighted by Crippen LogP contribution is -2.28. The molecule has 1 aromatic carbocycles. The maximum Gasteiger partial charge on any atom is 0.227 e. The van der Waals surface area contributed by atoms with E-state index < -0.39 is 33.5 Å². The Hall–Kier alpha value is -1.06. The summed E-state index contributed by atoms with van der Waals surface area (Å²) in [6.07, 6.45) is -0.0268. The molecule has 0 aliphatic carbocycles. The second-order valence-corrected chi connectivity index (χ2v) is 7.08. The fraction of sp³-hybridized carbons (Fsp3) is 0.364. The maximum atomic E-state index is 13.4. The average molecular weight is 369 g/mol. The number of hydrogen-bond donors (Lipinski definition) is 1. The summed E-state index contributed by atoms with van der Waals surface area (Å²) in [4.78, 5) is 13.0. The molecule has 9 heteroatoms. The van der Waals surface area contributed by atoms with Crippen molar-refractivity contribution in [1.82, 2.24) is 0 Å². The normalized spacial score (nSPS) is 19.7. The van der Waals surface area contributed by atoms with E-state index in [1.54, 1.807) is 0 Å². The van der Waals surface area contributed by atoms with Gasteiger partial charge in [0.25, 0.3) is 0 Å². The number of primary sulfonamides is 1. The number of amides is 1. The van der Waals surface area contributed by atoms with Gasteiger partial charge in [0.05, 0.1) is 15.9 Å². The Morgan fingerprint density at radius 1 is 1.40 bits per heavy atom. The Morgan fingerprint density at radius 2 is 2.05 bits per heavy atom. The third-order valence-corrected chi connectivity index (χ3v) is 4.66. The first kappa shape index (κ1) is 15.3. The molecule has 1 heterocycles. The number of hydrogen-bond acceptors (Lipinski definition) is 3. The van der Waals surface area contributed by atoms with Gasteiger partial charge < -0.3 is 4.90 Å². The van der Waals surface area contributed by atoms with E-state index in [4.69, 9.17) is 5.14 Å². The average Bonchev–Trinajstić information content (AvgIpc) is 2.62. The Kier molecular flexibility index (Phi) is 4.12. The number of halogens is 3. The molecule has 1 atom stereocenters. The molecular weight excluding hydrogens is 358 g/mol. The van der Waals surface area contributed by atoms with Gasteiger partial charge in [0, 0.05) is 24.9 Å². The summed E-state index contributed by atoms with van der Waals surface area (Å²) < 4.78 is 48.7. The number of nitrogens with zero attached hydrogens (tertiary/aromatic N) is 1. The number of sulfonamides is 1. The third-order valence-electron chi connectivity index (χ3n) is 2.94. The van der Waals surface area contributed by atoms with E-state index in [1.807, 2.05) is 0 Å². The molecule has 1 unspecified atom stereocenters. The number of anilines is 1. The fourth-order valence-corrected chi connectivity index (χ4v) is 3.52. The van der Waals surface area contributed by atoms with Crippen molar-refractivity contribution in [3.05, 3.63) is 28.2 Å². The van der Waals surface area contributed by atoms with Crippen molar-refractivity contribution in [2.45, 2.75) is 6.42 Å². The van der Waals surface area contributed by atoms with Gasteiger partial charge in [0.1, 0.15) is 11.6 Å². The Morgan fingerprint density at radius 3 is 2.65 bits per heavy atom. The van der Waals surface area contributed by atoms with Gasteiger partial charge >= 0.3 is 0 Å². The van der Waals surface area contributed by atoms with Crippen molar-refractivity contribution in [1.29, 1.82) is 0 Å². The van der Waals surface area contributed by atoms with Crippen LogP contribution in [0.25, 0.3) is 0 Å². The molecule has 2 N–H and O–H groups in total. The number of benzene rings is 1. The lowest BCUT2D eigenvalue weighted by Gasteiger charge is -2.18. The molecule has 5 nitrogen and oxygen atoms in total. The van der Waals surface area contributed by atoms with E-state index in [1.165, 1.54) is 0 Å². The van der Waals surface area contributed by atoms with Crippen molar-refractivity contribution < 1.29 is 22.0 Å². The number of carbonyl (C=O) groups excluding carboxylic acids is 1. The van der Waals surface area contributed by atoms with Gasteiger partial charge in [-0.15, -0.1) is 0 Å². The van der Waals surface area contributed by atoms with Crippen molar-refractivity contribution >= 4 is 37.5 Å². The summed E-state index contributed by atoms with van der Waals surface area (Å²) in [5.74, 6) is -2.88. The minimum Gasteiger partial charge on any atom is -0.311 e. The minimum absolute atomic E-state index is 0.0268. The SMILES string of the molecule is NS(=O)(=O)CC1CC(=O)N(c2cc(F)cc(F)c2Br)C1. The van der Waals surface area contributed by atoms with Crippen molar-refractivity contribution in [2.24, 2.45) is 11.1 Å². The van der Waals surface area contributed by atoms with Crippen LogP contribution in [0.15, 0.2) is 16.6 Å². The van der Waals surface area contributed by atoms with Crippen molar-refractivity contribution in [2.75, 3.05) is 17.2 Å². The molecule has 2 rings (SSSR count). The minimum atomic E-state index is -3.70. The maximum absolute atomic E-state index is 13.4. The smallest absolute Gasteiger partial charge is 0.227 e. The summed E-state index contributed by atoms with van der Waals surface area (Å²) in [6.45, 7) is 0.0523. The molecule has 20 heavy (non-hydrogen) atoms. The highest BCUT2D eigenvalue weighted by molar-refractivity contribution is 9.10. The van der Waals surface area contributed by atoms with Crippen LogP contribution in [0.1, 0.15) is 6.42 Å². The summed E-state index contributed by atoms with van der Waals surface area (Å²) >= 11 is 2.95. The van der Waals surface area contributed by atoms with E-state index in [0.717, 1.165) is 11.0 Å². The van der Waals surface area contributed by atoms with Crippen molar-refractivity contribution in [3.63, 3.8) is 0 Å². The molecule has 0 aromatic heterocycles. The zero-order valence-corrected chi connectivity index (χ0v) is 12.5. The molecule has 0 bridgehead atoms. The van der Waals surface area contributed by atoms with E-state index in [9.17, 15) is 22.0 Å². The lowest BCUT2D eigenvalue weighted by atomic mass is 10.1. The molecule has 1 saturated heterocycles. The van der Waals surface area contributed by atoms with E-state index in [2.05, 4.69) is 15.9 Å². The third kappa shape index (κ3) is 3.33. The molecule has 0 radical (unpaired) electrons. The summed E-state index contributed by atoms with van der Waals surface area (Å²) in [5.41, 5.74) is 0.0458. The van der Waals surface area contributed by atoms with Crippen LogP contribution in [0, 0.1) is 17.6 Å². The van der Waals surface area contributed by atoms with Gasteiger partial charge in [0.2, 0.25) is 15.9 Å². The zero-order valence-electron chi connectivity index (χ0n) is 10.1. The summed E-state index contributed by atoms with van der Waals surface area (Å²) in [7, 11) is -3.70. The zero-order chi connectivity index (χ0) is 15.1. The number of nitrogens with two attached hydrogens (primary N) is 1. The predicted molar refractivity (Wildman–Crippen MR) is 72.5 cm³/mol. The predicted octanol–water partition coefficient (Wildman–Crippen LogP) is 1.37. The first-order valence-electron chi connectivity index (χ1n) is 5.63. The molecule has 1 amide bonds. The molecule has 1 aromatic rings. The van der Waals surface area contributed by atoms with Crippen LogP contribution in [0.3, 0.4) is 0 Å². The second kappa shape index (κ2) is 5.38. The molecular formula is C11H11BrF2N2O3S. The molecule has 0 saturated carbocycles. The summed E-state index contributed by atoms with van der Waals surface area (Å²) in [6, 6.07) is 1.71. The highest BCUT2D eigenvalue weighted by atomic mass is 79.9. The number of rotatable bonds is 3. The van der Waals surface area contributed by atoms with Gasteiger partial charge in [-0.2, -0.15) is 0 Å². The van der Waals surface area contributed by atoms with E-state index >= 15 is 0 Å². The second-order valence-electron chi connectivity index (χ2n) is 4.62. The van der Waals surface area contributed by atoms with Crippen LogP contribution in [-0.2, 0) is 14.8 Å². The first-order chi connectivity index (χ1) is 9.17. The highest BCUT2D eigenvalue weighted by Crippen LogP contribution is 2.34. The van der Waals surface area contributed by atoms with Gasteiger partial charge in [-0.05, 0) is 22.0 Å². The van der Waals surface area contributed by atoms with Gasteiger partial charge in [-0.1, -0.05) is 0 Å². The van der Waals surface area contributed by atoms with Crippen LogP contribution in [-0.4, -0.2) is 26.6 Å². The lowest BCUT2D eigenvalue weighted by molar-refractivity contribution is -0.117. The van der Waals surface area contributed by atoms with Gasteiger partial charge in [0.15, 0.2) is 0 Å². The Bertz CT molecular complexity index is 666. The highest BCUT2D eigenvalue weighted by Gasteiger charge is 2.34. The van der Waals surface area contributed by atoms with E-state index in [0.29, 0.717) is 6.07 Å².